The van der Waals surface area contributed by atoms with Gasteiger partial charge in [0.25, 0.3) is 0 Å². The Morgan fingerprint density at radius 3 is 2.52 bits per heavy atom. The van der Waals surface area contributed by atoms with Gasteiger partial charge in [0.05, 0.1) is 11.4 Å². The smallest absolute Gasteiger partial charge is 0.246 e. The second kappa shape index (κ2) is 7.54. The first-order valence-electron chi connectivity index (χ1n) is 6.91. The summed E-state index contributed by atoms with van der Waals surface area (Å²) in [4.78, 5) is 15.0. The average Bonchev–Trinajstić information content (AvgIpc) is 3.05. The van der Waals surface area contributed by atoms with E-state index >= 15 is 0 Å². The fourth-order valence-electron chi connectivity index (χ4n) is 1.88. The number of nitrogens with zero attached hydrogens (tertiary/aromatic N) is 1. The average molecular weight is 350 g/mol. The minimum absolute atomic E-state index is 0.106. The first-order chi connectivity index (χ1) is 10.9. The highest BCUT2D eigenvalue weighted by atomic mass is 32.2. The molecule has 0 unspecified atom stereocenters. The summed E-state index contributed by atoms with van der Waals surface area (Å²) in [6, 6.07) is 10.3. The monoisotopic (exact) mass is 350 g/mol. The predicted octanol–water partition coefficient (Wildman–Crippen LogP) is 2.33. The van der Waals surface area contributed by atoms with E-state index in [1.54, 1.807) is 41.5 Å². The van der Waals surface area contributed by atoms with Crippen LogP contribution in [0.15, 0.2) is 52.7 Å². The topological polar surface area (TPSA) is 66.5 Å². The normalized spacial score (nSPS) is 11.7. The Hall–Kier alpha value is -1.96. The summed E-state index contributed by atoms with van der Waals surface area (Å²) >= 11 is 1.61. The largest absolute Gasteiger partial charge is 0.337 e. The fraction of sp³-hybridized carbons (Fsp3) is 0.188. The molecule has 0 aliphatic heterocycles. The molecule has 1 N–H and O–H groups in total. The van der Waals surface area contributed by atoms with Gasteiger partial charge in [-0.05, 0) is 42.3 Å². The maximum Gasteiger partial charge on any atom is 0.246 e. The van der Waals surface area contributed by atoms with Gasteiger partial charge in [0.1, 0.15) is 0 Å². The molecule has 0 radical (unpaired) electrons. The van der Waals surface area contributed by atoms with Gasteiger partial charge in [-0.15, -0.1) is 11.3 Å². The molecular formula is C16H18N2O3S2. The van der Waals surface area contributed by atoms with Crippen molar-refractivity contribution < 1.29 is 13.2 Å². The standard InChI is InChI=1S/C16H18N2O3S2/c1-17-23(20,21)15-8-5-13(6-9-15)7-10-16(19)18(2)12-14-4-3-11-22-14/h3-11,17H,12H2,1-2H3/b10-7+. The van der Waals surface area contributed by atoms with Gasteiger partial charge in [0.15, 0.2) is 0 Å². The number of carbonyl (C=O) groups excluding carboxylic acids is 1. The number of thiophene rings is 1. The second-order valence-electron chi connectivity index (χ2n) is 4.88. The molecule has 122 valence electrons. The molecule has 2 rings (SSSR count). The molecule has 1 amide bonds. The van der Waals surface area contributed by atoms with Crippen LogP contribution in [0.2, 0.25) is 0 Å². The van der Waals surface area contributed by atoms with Gasteiger partial charge in [-0.3, -0.25) is 4.79 Å². The van der Waals surface area contributed by atoms with Gasteiger partial charge in [-0.25, -0.2) is 13.1 Å². The lowest BCUT2D eigenvalue weighted by atomic mass is 10.2. The minimum atomic E-state index is -3.44. The quantitative estimate of drug-likeness (QED) is 0.813. The zero-order valence-corrected chi connectivity index (χ0v) is 14.5. The van der Waals surface area contributed by atoms with Crippen LogP contribution in [0.1, 0.15) is 10.4 Å². The van der Waals surface area contributed by atoms with E-state index in [2.05, 4.69) is 4.72 Å². The summed E-state index contributed by atoms with van der Waals surface area (Å²) < 4.78 is 25.5. The Labute approximate surface area is 140 Å². The van der Waals surface area contributed by atoms with E-state index in [0.29, 0.717) is 6.54 Å². The molecule has 0 fully saturated rings. The van der Waals surface area contributed by atoms with Gasteiger partial charge in [-0.2, -0.15) is 0 Å². The van der Waals surface area contributed by atoms with E-state index in [-0.39, 0.29) is 10.8 Å². The fourth-order valence-corrected chi connectivity index (χ4v) is 3.37. The van der Waals surface area contributed by atoms with Gasteiger partial charge in [-0.1, -0.05) is 18.2 Å². The SMILES string of the molecule is CNS(=O)(=O)c1ccc(/C=C/C(=O)N(C)Cc2cccs2)cc1. The van der Waals surface area contributed by atoms with Gasteiger partial charge < -0.3 is 4.90 Å². The number of likely N-dealkylation sites (N-methyl/N-ethyl adjacent to an activating group) is 1. The van der Waals surface area contributed by atoms with Crippen LogP contribution in [0.4, 0.5) is 0 Å². The predicted molar refractivity (Wildman–Crippen MR) is 92.5 cm³/mol. The van der Waals surface area contributed by atoms with Crippen molar-refractivity contribution >= 4 is 33.3 Å². The molecule has 1 aromatic heterocycles. The third kappa shape index (κ3) is 4.75. The second-order valence-corrected chi connectivity index (χ2v) is 7.80. The van der Waals surface area contributed by atoms with E-state index in [0.717, 1.165) is 10.4 Å². The number of benzene rings is 1. The van der Waals surface area contributed by atoms with Crippen LogP contribution in [0.5, 0.6) is 0 Å². The van der Waals surface area contributed by atoms with Crippen LogP contribution in [0, 0.1) is 0 Å². The third-order valence-corrected chi connectivity index (χ3v) is 5.52. The first-order valence-corrected chi connectivity index (χ1v) is 9.28. The van der Waals surface area contributed by atoms with Crippen molar-refractivity contribution in [2.24, 2.45) is 0 Å². The van der Waals surface area contributed by atoms with Crippen LogP contribution in [0.3, 0.4) is 0 Å². The Kier molecular flexibility index (Phi) is 5.70. The van der Waals surface area contributed by atoms with Crippen LogP contribution >= 0.6 is 11.3 Å². The zero-order chi connectivity index (χ0) is 16.9. The molecule has 0 aliphatic carbocycles. The van der Waals surface area contributed by atoms with Gasteiger partial charge >= 0.3 is 0 Å². The lowest BCUT2D eigenvalue weighted by Crippen LogP contribution is -2.23. The molecule has 2 aromatic rings. The minimum Gasteiger partial charge on any atom is -0.337 e. The highest BCUT2D eigenvalue weighted by Crippen LogP contribution is 2.13. The van der Waals surface area contributed by atoms with E-state index in [4.69, 9.17) is 0 Å². The Morgan fingerprint density at radius 1 is 1.26 bits per heavy atom. The molecule has 0 saturated carbocycles. The molecule has 0 atom stereocenters. The van der Waals surface area contributed by atoms with Crippen LogP contribution in [-0.2, 0) is 21.4 Å². The van der Waals surface area contributed by atoms with E-state index in [1.807, 2.05) is 17.5 Å². The van der Waals surface area contributed by atoms with Crippen LogP contribution in [-0.4, -0.2) is 33.3 Å². The van der Waals surface area contributed by atoms with E-state index in [1.165, 1.54) is 25.3 Å². The first kappa shape index (κ1) is 17.4. The van der Waals surface area contributed by atoms with Crippen molar-refractivity contribution in [1.29, 1.82) is 0 Å². The van der Waals surface area contributed by atoms with E-state index in [9.17, 15) is 13.2 Å². The molecule has 5 nitrogen and oxygen atoms in total. The maximum atomic E-state index is 12.1. The van der Waals surface area contributed by atoms with Crippen molar-refractivity contribution in [2.75, 3.05) is 14.1 Å². The molecule has 0 bridgehead atoms. The zero-order valence-electron chi connectivity index (χ0n) is 12.9. The lowest BCUT2D eigenvalue weighted by Gasteiger charge is -2.13. The molecule has 7 heteroatoms. The highest BCUT2D eigenvalue weighted by Gasteiger charge is 2.10. The molecular weight excluding hydrogens is 332 g/mol. The Bertz CT molecular complexity index is 779. The van der Waals surface area contributed by atoms with Crippen molar-refractivity contribution in [3.05, 3.63) is 58.3 Å². The third-order valence-electron chi connectivity index (χ3n) is 3.23. The molecule has 1 heterocycles. The number of nitrogens with one attached hydrogen (secondary N) is 1. The number of sulfonamides is 1. The molecule has 1 aromatic carbocycles. The summed E-state index contributed by atoms with van der Waals surface area (Å²) in [5.74, 6) is -0.106. The summed E-state index contributed by atoms with van der Waals surface area (Å²) in [6.45, 7) is 0.570. The number of hydrogen-bond donors (Lipinski definition) is 1. The van der Waals surface area contributed by atoms with Crippen molar-refractivity contribution in [2.45, 2.75) is 11.4 Å². The molecule has 0 saturated heterocycles. The van der Waals surface area contributed by atoms with Crippen LogP contribution < -0.4 is 4.72 Å². The van der Waals surface area contributed by atoms with Gasteiger partial charge in [0, 0.05) is 18.0 Å². The Balaban J connectivity index is 2.00. The summed E-state index contributed by atoms with van der Waals surface area (Å²) in [6.07, 6.45) is 3.15. The van der Waals surface area contributed by atoms with Crippen molar-refractivity contribution in [3.63, 3.8) is 0 Å². The number of hydrogen-bond acceptors (Lipinski definition) is 4. The summed E-state index contributed by atoms with van der Waals surface area (Å²) in [7, 11) is -0.325. The lowest BCUT2D eigenvalue weighted by molar-refractivity contribution is -0.125. The number of carbonyl (C=O) groups is 1. The molecule has 23 heavy (non-hydrogen) atoms. The van der Waals surface area contributed by atoms with Crippen LogP contribution in [0.25, 0.3) is 6.08 Å². The maximum absolute atomic E-state index is 12.1. The molecule has 0 aliphatic rings. The number of amides is 1. The van der Waals surface area contributed by atoms with Crippen molar-refractivity contribution in [3.8, 4) is 0 Å². The van der Waals surface area contributed by atoms with E-state index < -0.39 is 10.0 Å². The molecule has 0 spiro atoms. The number of rotatable bonds is 6. The van der Waals surface area contributed by atoms with Crippen molar-refractivity contribution in [1.82, 2.24) is 9.62 Å². The summed E-state index contributed by atoms with van der Waals surface area (Å²) in [5.41, 5.74) is 0.762. The van der Waals surface area contributed by atoms with Gasteiger partial charge in [0.2, 0.25) is 15.9 Å². The highest BCUT2D eigenvalue weighted by molar-refractivity contribution is 7.89. The summed E-state index contributed by atoms with van der Waals surface area (Å²) in [5, 5.41) is 1.98. The Morgan fingerprint density at radius 2 is 1.96 bits per heavy atom.